The summed E-state index contributed by atoms with van der Waals surface area (Å²) in [6.07, 6.45) is 1.11. The fourth-order valence-electron chi connectivity index (χ4n) is 7.26. The number of likely N-dealkylation sites (tertiary alicyclic amines) is 1. The number of hydrogen-bond acceptors (Lipinski definition) is 8. The van der Waals surface area contributed by atoms with Crippen molar-refractivity contribution in [2.24, 2.45) is 0 Å². The second-order valence-electron chi connectivity index (χ2n) is 14.6. The maximum absolute atomic E-state index is 13.1. The molecule has 2 saturated heterocycles. The summed E-state index contributed by atoms with van der Waals surface area (Å²) in [4.78, 5) is 42.7. The molecule has 4 unspecified atom stereocenters. The normalized spacial score (nSPS) is 22.3. The number of aliphatic hydroxyl groups is 1. The van der Waals surface area contributed by atoms with E-state index in [4.69, 9.17) is 14.2 Å². The lowest BCUT2D eigenvalue weighted by molar-refractivity contribution is -0.253. The molecule has 2 amide bonds. The zero-order valence-corrected chi connectivity index (χ0v) is 29.3. The second kappa shape index (κ2) is 14.5. The Bertz CT molecular complexity index is 1880. The molecule has 0 radical (unpaired) electrons. The molecule has 3 heterocycles. The molecular weight excluding hydrogens is 644 g/mol. The summed E-state index contributed by atoms with van der Waals surface area (Å²) in [5.41, 5.74) is 5.71. The molecule has 4 aromatic rings. The molecule has 51 heavy (non-hydrogen) atoms. The summed E-state index contributed by atoms with van der Waals surface area (Å²) in [7, 11) is 0. The van der Waals surface area contributed by atoms with Crippen LogP contribution in [0.15, 0.2) is 97.1 Å². The first-order chi connectivity index (χ1) is 24.6. The van der Waals surface area contributed by atoms with Crippen LogP contribution in [0.5, 0.6) is 0 Å². The fourth-order valence-corrected chi connectivity index (χ4v) is 7.26. The van der Waals surface area contributed by atoms with Gasteiger partial charge in [-0.15, -0.1) is 0 Å². The number of fused-ring (bicyclic) bond motifs is 1. The quantitative estimate of drug-likeness (QED) is 0.148. The van der Waals surface area contributed by atoms with Crippen LogP contribution in [0.1, 0.15) is 95.4 Å². The molecule has 0 spiro atoms. The third-order valence-corrected chi connectivity index (χ3v) is 9.73. The Morgan fingerprint density at radius 2 is 1.51 bits per heavy atom. The molecule has 9 nitrogen and oxygen atoms in total. The number of carbonyl (C=O) groups excluding carboxylic acids is 3. The topological polar surface area (TPSA) is 106 Å². The van der Waals surface area contributed by atoms with Gasteiger partial charge in [-0.1, -0.05) is 72.8 Å². The van der Waals surface area contributed by atoms with Crippen LogP contribution in [0, 0.1) is 0 Å². The van der Waals surface area contributed by atoms with Crippen LogP contribution >= 0.6 is 0 Å². The Morgan fingerprint density at radius 1 is 0.824 bits per heavy atom. The molecule has 3 aliphatic heterocycles. The van der Waals surface area contributed by atoms with Gasteiger partial charge in [0.25, 0.3) is 11.8 Å². The first-order valence-corrected chi connectivity index (χ1v) is 17.7. The Hall–Kier alpha value is -4.67. The predicted molar refractivity (Wildman–Crippen MR) is 191 cm³/mol. The summed E-state index contributed by atoms with van der Waals surface area (Å²) >= 11 is 0. The number of benzene rings is 4. The molecule has 0 aromatic heterocycles. The van der Waals surface area contributed by atoms with E-state index in [0.717, 1.165) is 52.8 Å². The van der Waals surface area contributed by atoms with Gasteiger partial charge < -0.3 is 19.3 Å². The fraction of sp³-hybridized carbons (Fsp3) is 0.357. The number of carbonyl (C=O) groups is 3. The molecule has 0 aliphatic carbocycles. The maximum atomic E-state index is 13.1. The van der Waals surface area contributed by atoms with Gasteiger partial charge in [-0.2, -0.15) is 0 Å². The highest BCUT2D eigenvalue weighted by molar-refractivity contribution is 6.21. The lowest BCUT2D eigenvalue weighted by Crippen LogP contribution is -2.45. The molecular formula is C42H44N2O7. The third kappa shape index (κ3) is 7.67. The van der Waals surface area contributed by atoms with Crippen molar-refractivity contribution < 1.29 is 33.7 Å². The molecule has 7 rings (SSSR count). The van der Waals surface area contributed by atoms with E-state index in [2.05, 4.69) is 11.0 Å². The van der Waals surface area contributed by atoms with Gasteiger partial charge in [0.05, 0.1) is 36.5 Å². The second-order valence-corrected chi connectivity index (χ2v) is 14.6. The standard InChI is InChI=1S/C42H44N2O7/c1-42(2,3)51-40(48)36-15-8-20-43(36)25-33-23-37(29-18-16-27(26-45)17-19-29)50-41(49-33)32-12-7-11-31(22-32)30-10-6-9-28(21-30)24-44-38(46)34-13-4-5-14-35(34)39(44)47/h4-7,9-14,16-19,21-22,33,36-37,41,45H,8,15,20,23-26H2,1-3H3. The van der Waals surface area contributed by atoms with Crippen LogP contribution in [0.2, 0.25) is 0 Å². The van der Waals surface area contributed by atoms with Gasteiger partial charge >= 0.3 is 5.97 Å². The van der Waals surface area contributed by atoms with Gasteiger partial charge in [-0.05, 0) is 92.2 Å². The highest BCUT2D eigenvalue weighted by Gasteiger charge is 2.39. The van der Waals surface area contributed by atoms with Gasteiger partial charge in [0.2, 0.25) is 0 Å². The van der Waals surface area contributed by atoms with Crippen molar-refractivity contribution in [2.45, 2.75) is 83.3 Å². The molecule has 2 fully saturated rings. The third-order valence-electron chi connectivity index (χ3n) is 9.73. The van der Waals surface area contributed by atoms with Crippen molar-refractivity contribution in [1.29, 1.82) is 0 Å². The van der Waals surface area contributed by atoms with Gasteiger partial charge in [-0.3, -0.25) is 24.2 Å². The SMILES string of the molecule is CC(C)(C)OC(=O)C1CCCN1CC1CC(c2ccc(CO)cc2)OC(c2cccc(-c3cccc(CN4C(=O)c5ccccc5C4=O)c3)c2)O1. The smallest absolute Gasteiger partial charge is 0.323 e. The van der Waals surface area contributed by atoms with Gasteiger partial charge in [0.1, 0.15) is 11.6 Å². The molecule has 4 atom stereocenters. The van der Waals surface area contributed by atoms with E-state index in [1.165, 1.54) is 4.90 Å². The molecule has 9 heteroatoms. The average Bonchev–Trinajstić information content (AvgIpc) is 3.69. The van der Waals surface area contributed by atoms with Crippen LogP contribution in [0.4, 0.5) is 0 Å². The molecule has 4 aromatic carbocycles. The first-order valence-electron chi connectivity index (χ1n) is 17.7. The minimum atomic E-state index is -0.671. The Balaban J connectivity index is 1.12. The number of aliphatic hydroxyl groups excluding tert-OH is 1. The summed E-state index contributed by atoms with van der Waals surface area (Å²) in [5, 5.41) is 9.61. The summed E-state index contributed by atoms with van der Waals surface area (Å²) in [6.45, 7) is 7.17. The van der Waals surface area contributed by atoms with Crippen LogP contribution in [0.25, 0.3) is 11.1 Å². The maximum Gasteiger partial charge on any atom is 0.323 e. The van der Waals surface area contributed by atoms with E-state index >= 15 is 0 Å². The van der Waals surface area contributed by atoms with Crippen LogP contribution < -0.4 is 0 Å². The summed E-state index contributed by atoms with van der Waals surface area (Å²) in [6, 6.07) is 30.3. The lowest BCUT2D eigenvalue weighted by Gasteiger charge is -2.38. The van der Waals surface area contributed by atoms with Crippen molar-refractivity contribution in [3.8, 4) is 11.1 Å². The van der Waals surface area contributed by atoms with Crippen LogP contribution in [0.3, 0.4) is 0 Å². The molecule has 0 saturated carbocycles. The largest absolute Gasteiger partial charge is 0.459 e. The van der Waals surface area contributed by atoms with Crippen LogP contribution in [-0.4, -0.2) is 63.5 Å². The Morgan fingerprint density at radius 3 is 2.20 bits per heavy atom. The monoisotopic (exact) mass is 688 g/mol. The minimum absolute atomic E-state index is 0.0343. The van der Waals surface area contributed by atoms with E-state index in [-0.39, 0.29) is 49.2 Å². The average molecular weight is 689 g/mol. The zero-order valence-electron chi connectivity index (χ0n) is 29.3. The molecule has 0 bridgehead atoms. The molecule has 1 N–H and O–H groups in total. The molecule has 264 valence electrons. The highest BCUT2D eigenvalue weighted by Crippen LogP contribution is 2.40. The summed E-state index contributed by atoms with van der Waals surface area (Å²) in [5.74, 6) is -0.759. The highest BCUT2D eigenvalue weighted by atomic mass is 16.7. The predicted octanol–water partition coefficient (Wildman–Crippen LogP) is 6.99. The van der Waals surface area contributed by atoms with Gasteiger partial charge in [-0.25, -0.2) is 0 Å². The zero-order chi connectivity index (χ0) is 35.7. The van der Waals surface area contributed by atoms with Crippen molar-refractivity contribution in [3.05, 3.63) is 130 Å². The van der Waals surface area contributed by atoms with E-state index in [9.17, 15) is 19.5 Å². The van der Waals surface area contributed by atoms with Crippen molar-refractivity contribution in [3.63, 3.8) is 0 Å². The van der Waals surface area contributed by atoms with Gasteiger partial charge in [0, 0.05) is 18.5 Å². The number of ether oxygens (including phenoxy) is 3. The summed E-state index contributed by atoms with van der Waals surface area (Å²) < 4.78 is 19.1. The number of rotatable bonds is 9. The Kier molecular flexibility index (Phi) is 9.90. The number of hydrogen-bond donors (Lipinski definition) is 1. The Labute approximate surface area is 298 Å². The number of esters is 1. The minimum Gasteiger partial charge on any atom is -0.459 e. The van der Waals surface area contributed by atoms with E-state index < -0.39 is 11.9 Å². The number of imide groups is 1. The first kappa shape index (κ1) is 34.8. The number of amides is 2. The van der Waals surface area contributed by atoms with Crippen LogP contribution in [-0.2, 0) is 32.2 Å². The van der Waals surface area contributed by atoms with E-state index in [1.807, 2.05) is 87.5 Å². The van der Waals surface area contributed by atoms with Crippen molar-refractivity contribution in [1.82, 2.24) is 9.80 Å². The van der Waals surface area contributed by atoms with Crippen molar-refractivity contribution in [2.75, 3.05) is 13.1 Å². The van der Waals surface area contributed by atoms with Gasteiger partial charge in [0.15, 0.2) is 6.29 Å². The lowest BCUT2D eigenvalue weighted by atomic mass is 9.98. The number of nitrogens with zero attached hydrogens (tertiary/aromatic N) is 2. The molecule has 3 aliphatic rings. The van der Waals surface area contributed by atoms with Crippen molar-refractivity contribution >= 4 is 17.8 Å². The van der Waals surface area contributed by atoms with E-state index in [0.29, 0.717) is 24.1 Å². The van der Waals surface area contributed by atoms with E-state index in [1.54, 1.807) is 24.3 Å².